The highest BCUT2D eigenvalue weighted by atomic mass is 19.1. The van der Waals surface area contributed by atoms with Gasteiger partial charge in [-0.3, -0.25) is 0 Å². The van der Waals surface area contributed by atoms with Crippen LogP contribution in [0.2, 0.25) is 0 Å². The van der Waals surface area contributed by atoms with Gasteiger partial charge in [0.1, 0.15) is 5.82 Å². The van der Waals surface area contributed by atoms with Crippen LogP contribution in [-0.4, -0.2) is 20.6 Å². The third-order valence-corrected chi connectivity index (χ3v) is 1.77. The molecule has 0 atom stereocenters. The molecular weight excluding hydrogens is 171 g/mol. The summed E-state index contributed by atoms with van der Waals surface area (Å²) in [6.07, 6.45) is 0. The second-order valence-corrected chi connectivity index (χ2v) is 2.69. The molecule has 0 unspecified atom stereocenters. The standard InChI is InChI=1S/C8H7FN4/c1-5-4-6(9)2-3-7(5)8-10-12-13-11-8/h2-4H,1H3,(H,10,11,12,13). The van der Waals surface area contributed by atoms with Crippen molar-refractivity contribution in [2.24, 2.45) is 0 Å². The highest BCUT2D eigenvalue weighted by molar-refractivity contribution is 5.58. The molecule has 5 heteroatoms. The number of aromatic amines is 1. The summed E-state index contributed by atoms with van der Waals surface area (Å²) in [5, 5.41) is 13.4. The van der Waals surface area contributed by atoms with Crippen LogP contribution >= 0.6 is 0 Å². The number of benzene rings is 1. The maximum absolute atomic E-state index is 12.7. The lowest BCUT2D eigenvalue weighted by atomic mass is 10.1. The topological polar surface area (TPSA) is 54.5 Å². The Kier molecular flexibility index (Phi) is 1.77. The molecule has 0 bridgehead atoms. The molecule has 0 radical (unpaired) electrons. The van der Waals surface area contributed by atoms with Gasteiger partial charge in [-0.1, -0.05) is 0 Å². The minimum Gasteiger partial charge on any atom is -0.207 e. The molecule has 0 aliphatic rings. The summed E-state index contributed by atoms with van der Waals surface area (Å²) in [7, 11) is 0. The summed E-state index contributed by atoms with van der Waals surface area (Å²) in [5.41, 5.74) is 1.58. The summed E-state index contributed by atoms with van der Waals surface area (Å²) in [4.78, 5) is 0. The number of aryl methyl sites for hydroxylation is 1. The Balaban J connectivity index is 2.53. The fourth-order valence-corrected chi connectivity index (χ4v) is 1.15. The number of rotatable bonds is 1. The predicted molar refractivity (Wildman–Crippen MR) is 44.3 cm³/mol. The number of halogens is 1. The molecule has 4 nitrogen and oxygen atoms in total. The van der Waals surface area contributed by atoms with Crippen LogP contribution in [0.5, 0.6) is 0 Å². The Morgan fingerprint density at radius 1 is 1.38 bits per heavy atom. The van der Waals surface area contributed by atoms with Crippen molar-refractivity contribution in [3.05, 3.63) is 29.6 Å². The normalized spacial score (nSPS) is 10.3. The van der Waals surface area contributed by atoms with Crippen molar-refractivity contribution >= 4 is 0 Å². The zero-order chi connectivity index (χ0) is 9.26. The maximum Gasteiger partial charge on any atom is 0.204 e. The van der Waals surface area contributed by atoms with Crippen LogP contribution in [0.4, 0.5) is 4.39 Å². The minimum absolute atomic E-state index is 0.259. The van der Waals surface area contributed by atoms with Gasteiger partial charge < -0.3 is 0 Å². The molecule has 2 aromatic rings. The van der Waals surface area contributed by atoms with E-state index in [0.29, 0.717) is 5.82 Å². The Bertz CT molecular complexity index is 410. The average molecular weight is 178 g/mol. The maximum atomic E-state index is 12.7. The lowest BCUT2D eigenvalue weighted by molar-refractivity contribution is 0.627. The molecule has 1 aromatic heterocycles. The Morgan fingerprint density at radius 2 is 2.23 bits per heavy atom. The summed E-state index contributed by atoms with van der Waals surface area (Å²) >= 11 is 0. The van der Waals surface area contributed by atoms with E-state index in [1.54, 1.807) is 13.0 Å². The molecule has 13 heavy (non-hydrogen) atoms. The number of H-pyrrole nitrogens is 1. The zero-order valence-electron chi connectivity index (χ0n) is 6.95. The van der Waals surface area contributed by atoms with E-state index in [4.69, 9.17) is 0 Å². The summed E-state index contributed by atoms with van der Waals surface area (Å²) < 4.78 is 12.7. The highest BCUT2D eigenvalue weighted by Crippen LogP contribution is 2.18. The summed E-state index contributed by atoms with van der Waals surface area (Å²) in [6.45, 7) is 1.80. The van der Waals surface area contributed by atoms with Crippen molar-refractivity contribution in [1.82, 2.24) is 20.6 Å². The second kappa shape index (κ2) is 2.93. The molecule has 1 N–H and O–H groups in total. The van der Waals surface area contributed by atoms with Gasteiger partial charge >= 0.3 is 0 Å². The molecule has 0 spiro atoms. The third-order valence-electron chi connectivity index (χ3n) is 1.77. The fourth-order valence-electron chi connectivity index (χ4n) is 1.15. The Labute approximate surface area is 73.8 Å². The molecule has 66 valence electrons. The van der Waals surface area contributed by atoms with Gasteiger partial charge in [0, 0.05) is 5.56 Å². The molecule has 1 aromatic carbocycles. The van der Waals surface area contributed by atoms with Gasteiger partial charge in [0.2, 0.25) is 5.82 Å². The van der Waals surface area contributed by atoms with Crippen molar-refractivity contribution in [2.75, 3.05) is 0 Å². The first-order chi connectivity index (χ1) is 6.27. The number of nitrogens with one attached hydrogen (secondary N) is 1. The van der Waals surface area contributed by atoms with Crippen molar-refractivity contribution in [3.8, 4) is 11.4 Å². The van der Waals surface area contributed by atoms with Crippen LogP contribution in [0.15, 0.2) is 18.2 Å². The lowest BCUT2D eigenvalue weighted by Gasteiger charge is -1.99. The molecular formula is C8H7FN4. The minimum atomic E-state index is -0.259. The van der Waals surface area contributed by atoms with Gasteiger partial charge in [-0.05, 0) is 35.9 Å². The second-order valence-electron chi connectivity index (χ2n) is 2.69. The monoisotopic (exact) mass is 178 g/mol. The van der Waals surface area contributed by atoms with Crippen LogP contribution in [0.3, 0.4) is 0 Å². The molecule has 0 aliphatic heterocycles. The largest absolute Gasteiger partial charge is 0.207 e. The van der Waals surface area contributed by atoms with Crippen LogP contribution in [-0.2, 0) is 0 Å². The number of hydrogen-bond acceptors (Lipinski definition) is 3. The van der Waals surface area contributed by atoms with E-state index in [2.05, 4.69) is 20.6 Å². The number of nitrogens with zero attached hydrogens (tertiary/aromatic N) is 3. The predicted octanol–water partition coefficient (Wildman–Crippen LogP) is 1.31. The van der Waals surface area contributed by atoms with E-state index < -0.39 is 0 Å². The SMILES string of the molecule is Cc1cc(F)ccc1-c1nn[nH]n1. The van der Waals surface area contributed by atoms with E-state index >= 15 is 0 Å². The van der Waals surface area contributed by atoms with Crippen molar-refractivity contribution < 1.29 is 4.39 Å². The van der Waals surface area contributed by atoms with E-state index in [-0.39, 0.29) is 5.82 Å². The first kappa shape index (κ1) is 7.85. The first-order valence-corrected chi connectivity index (χ1v) is 3.77. The smallest absolute Gasteiger partial charge is 0.204 e. The van der Waals surface area contributed by atoms with Gasteiger partial charge in [-0.2, -0.15) is 5.21 Å². The van der Waals surface area contributed by atoms with E-state index in [0.717, 1.165) is 11.1 Å². The fraction of sp³-hybridized carbons (Fsp3) is 0.125. The molecule has 0 amide bonds. The Hall–Kier alpha value is -1.78. The molecule has 0 saturated carbocycles. The van der Waals surface area contributed by atoms with Crippen molar-refractivity contribution in [3.63, 3.8) is 0 Å². The molecule has 0 fully saturated rings. The molecule has 0 aliphatic carbocycles. The zero-order valence-corrected chi connectivity index (χ0v) is 6.95. The van der Waals surface area contributed by atoms with Crippen LogP contribution in [0, 0.1) is 12.7 Å². The van der Waals surface area contributed by atoms with Gasteiger partial charge in [-0.25, -0.2) is 4.39 Å². The molecule has 2 rings (SSSR count). The van der Waals surface area contributed by atoms with Gasteiger partial charge in [0.05, 0.1) is 0 Å². The first-order valence-electron chi connectivity index (χ1n) is 3.77. The van der Waals surface area contributed by atoms with Crippen molar-refractivity contribution in [1.29, 1.82) is 0 Å². The van der Waals surface area contributed by atoms with Crippen LogP contribution in [0.1, 0.15) is 5.56 Å². The molecule has 1 heterocycles. The van der Waals surface area contributed by atoms with Gasteiger partial charge in [0.25, 0.3) is 0 Å². The van der Waals surface area contributed by atoms with Crippen LogP contribution in [0.25, 0.3) is 11.4 Å². The quantitative estimate of drug-likeness (QED) is 0.716. The van der Waals surface area contributed by atoms with E-state index in [1.165, 1.54) is 12.1 Å². The lowest BCUT2D eigenvalue weighted by Crippen LogP contribution is -1.87. The van der Waals surface area contributed by atoms with Gasteiger partial charge in [-0.15, -0.1) is 10.2 Å². The number of tetrazole rings is 1. The van der Waals surface area contributed by atoms with Gasteiger partial charge in [0.15, 0.2) is 0 Å². The summed E-state index contributed by atoms with van der Waals surface area (Å²) in [6, 6.07) is 4.44. The van der Waals surface area contributed by atoms with E-state index in [9.17, 15) is 4.39 Å². The van der Waals surface area contributed by atoms with E-state index in [1.807, 2.05) is 0 Å². The van der Waals surface area contributed by atoms with Crippen LogP contribution < -0.4 is 0 Å². The van der Waals surface area contributed by atoms with Crippen molar-refractivity contribution in [2.45, 2.75) is 6.92 Å². The average Bonchev–Trinajstić information content (AvgIpc) is 2.56. The third kappa shape index (κ3) is 1.40. The number of aromatic nitrogens is 4. The molecule has 0 saturated heterocycles. The summed E-state index contributed by atoms with van der Waals surface area (Å²) in [5.74, 6) is 0.224. The number of hydrogen-bond donors (Lipinski definition) is 1. The highest BCUT2D eigenvalue weighted by Gasteiger charge is 2.06. The Morgan fingerprint density at radius 3 is 2.85 bits per heavy atom.